The summed E-state index contributed by atoms with van der Waals surface area (Å²) in [4.78, 5) is 9.66. The maximum atomic E-state index is 11.2. The summed E-state index contributed by atoms with van der Waals surface area (Å²) >= 11 is 0. The van der Waals surface area contributed by atoms with Gasteiger partial charge in [-0.1, -0.05) is 133 Å². The Balaban J connectivity index is 1.04. The van der Waals surface area contributed by atoms with Crippen LogP contribution in [0.2, 0.25) is 0 Å². The fourth-order valence-electron chi connectivity index (χ4n) is 9.54. The average Bonchev–Trinajstić information content (AvgIpc) is 3.91. The lowest BCUT2D eigenvalue weighted by Crippen LogP contribution is -2.04. The third kappa shape index (κ3) is 6.41. The molecule has 0 atom stereocenters. The first-order chi connectivity index (χ1) is 32.6. The Kier molecular flexibility index (Phi) is 9.16. The molecular weight excluding hydrogens is 805 g/mol. The van der Waals surface area contributed by atoms with Gasteiger partial charge in [-0.2, -0.15) is 10.5 Å². The largest absolute Gasteiger partial charge is 0.309 e. The summed E-state index contributed by atoms with van der Waals surface area (Å²) in [5.74, 6) is 0. The first kappa shape index (κ1) is 38.3. The van der Waals surface area contributed by atoms with Crippen molar-refractivity contribution < 1.29 is 0 Å². The van der Waals surface area contributed by atoms with Crippen molar-refractivity contribution in [3.05, 3.63) is 230 Å². The minimum absolute atomic E-state index is 0.518. The summed E-state index contributed by atoms with van der Waals surface area (Å²) in [6.45, 7) is 0. The summed E-state index contributed by atoms with van der Waals surface area (Å²) in [6.07, 6.45) is 3.88. The van der Waals surface area contributed by atoms with E-state index in [9.17, 15) is 10.5 Å². The number of fused-ring (bicyclic) bond motifs is 6. The van der Waals surface area contributed by atoms with Gasteiger partial charge in [0.15, 0.2) is 0 Å². The van der Waals surface area contributed by atoms with Gasteiger partial charge in [0.25, 0.3) is 0 Å². The molecule has 4 heterocycles. The predicted molar refractivity (Wildman–Crippen MR) is 267 cm³/mol. The van der Waals surface area contributed by atoms with Gasteiger partial charge in [0.2, 0.25) is 0 Å². The van der Waals surface area contributed by atoms with Crippen LogP contribution in [-0.2, 0) is 0 Å². The van der Waals surface area contributed by atoms with E-state index >= 15 is 0 Å². The fraction of sp³-hybridized carbons (Fsp3) is 0. The summed E-state index contributed by atoms with van der Waals surface area (Å²) < 4.78 is 4.47. The van der Waals surface area contributed by atoms with E-state index in [1.807, 2.05) is 85.2 Å². The van der Waals surface area contributed by atoms with E-state index in [1.165, 1.54) is 0 Å². The van der Waals surface area contributed by atoms with Gasteiger partial charge in [-0.3, -0.25) is 9.97 Å². The van der Waals surface area contributed by atoms with Crippen molar-refractivity contribution in [2.24, 2.45) is 0 Å². The number of aromatic nitrogens is 4. The van der Waals surface area contributed by atoms with Crippen LogP contribution >= 0.6 is 0 Å². The normalized spacial score (nSPS) is 11.3. The predicted octanol–water partition coefficient (Wildman–Crippen LogP) is 14.7. The fourth-order valence-corrected chi connectivity index (χ4v) is 9.54. The summed E-state index contributed by atoms with van der Waals surface area (Å²) in [5, 5.41) is 25.6. The molecule has 0 saturated carbocycles. The summed E-state index contributed by atoms with van der Waals surface area (Å²) in [7, 11) is 0. The molecule has 0 unspecified atom stereocenters. The van der Waals surface area contributed by atoms with Crippen LogP contribution in [0, 0.1) is 22.7 Å². The van der Waals surface area contributed by atoms with Gasteiger partial charge in [-0.15, -0.1) is 0 Å². The molecule has 0 aliphatic heterocycles. The van der Waals surface area contributed by atoms with Crippen LogP contribution < -0.4 is 0 Å². The number of hydrogen-bond acceptors (Lipinski definition) is 4. The molecule has 0 bridgehead atoms. The third-order valence-electron chi connectivity index (χ3n) is 12.7. The van der Waals surface area contributed by atoms with Crippen molar-refractivity contribution in [2.75, 3.05) is 0 Å². The number of nitrogens with zero attached hydrogens (tertiary/aromatic N) is 6. The molecule has 6 heteroatoms. The van der Waals surface area contributed by atoms with Crippen molar-refractivity contribution in [1.82, 2.24) is 19.1 Å². The van der Waals surface area contributed by atoms with Gasteiger partial charge < -0.3 is 9.13 Å². The molecule has 6 nitrogen and oxygen atoms in total. The maximum absolute atomic E-state index is 11.2. The van der Waals surface area contributed by atoms with Crippen LogP contribution in [0.3, 0.4) is 0 Å². The molecule has 0 fully saturated rings. The van der Waals surface area contributed by atoms with E-state index in [1.54, 1.807) is 0 Å². The zero-order valence-electron chi connectivity index (χ0n) is 35.5. The first-order valence-corrected chi connectivity index (χ1v) is 21.8. The SMILES string of the molecule is N#Cc1cccc(-c2cc(-n3c4ccccc4c4cc(-c5ccc(-c6ccccc6)nc5)ccc43)c(C#N)cc2-n2c3ccccc3c3cc(-c4ccc(-c5ccccc5)nc4)ccc32)c1. The lowest BCUT2D eigenvalue weighted by molar-refractivity contribution is 1.14. The second kappa shape index (κ2) is 15.8. The molecule has 4 aromatic heterocycles. The highest BCUT2D eigenvalue weighted by Crippen LogP contribution is 2.42. The van der Waals surface area contributed by atoms with E-state index in [4.69, 9.17) is 9.97 Å². The van der Waals surface area contributed by atoms with Crippen LogP contribution in [0.5, 0.6) is 0 Å². The second-order valence-electron chi connectivity index (χ2n) is 16.5. The lowest BCUT2D eigenvalue weighted by Gasteiger charge is -2.19. The monoisotopic (exact) mass is 840 g/mol. The van der Waals surface area contributed by atoms with Crippen LogP contribution in [0.15, 0.2) is 219 Å². The van der Waals surface area contributed by atoms with Crippen LogP contribution in [0.25, 0.3) is 111 Å². The van der Waals surface area contributed by atoms with E-state index in [0.717, 1.165) is 111 Å². The van der Waals surface area contributed by atoms with Gasteiger partial charge in [0, 0.05) is 61.8 Å². The molecule has 0 aliphatic rings. The maximum Gasteiger partial charge on any atom is 0.101 e. The van der Waals surface area contributed by atoms with E-state index in [-0.39, 0.29) is 0 Å². The number of para-hydroxylation sites is 2. The molecule has 0 saturated heterocycles. The molecule has 306 valence electrons. The third-order valence-corrected chi connectivity index (χ3v) is 12.7. The number of benzene rings is 8. The van der Waals surface area contributed by atoms with E-state index in [2.05, 4.69) is 155 Å². The van der Waals surface area contributed by atoms with E-state index in [0.29, 0.717) is 11.1 Å². The van der Waals surface area contributed by atoms with Gasteiger partial charge >= 0.3 is 0 Å². The Morgan fingerprint density at radius 2 is 0.818 bits per heavy atom. The number of hydrogen-bond donors (Lipinski definition) is 0. The average molecular weight is 841 g/mol. The minimum Gasteiger partial charge on any atom is -0.309 e. The Morgan fingerprint density at radius 1 is 0.333 bits per heavy atom. The Hall–Kier alpha value is -9.36. The van der Waals surface area contributed by atoms with Crippen LogP contribution in [0.1, 0.15) is 11.1 Å². The summed E-state index contributed by atoms with van der Waals surface area (Å²) in [5.41, 5.74) is 16.5. The van der Waals surface area contributed by atoms with Crippen LogP contribution in [-0.4, -0.2) is 19.1 Å². The minimum atomic E-state index is 0.518. The quantitative estimate of drug-likeness (QED) is 0.160. The molecule has 12 aromatic rings. The van der Waals surface area contributed by atoms with Crippen molar-refractivity contribution >= 4 is 43.6 Å². The number of nitriles is 2. The highest BCUT2D eigenvalue weighted by molar-refractivity contribution is 6.12. The molecule has 0 aliphatic carbocycles. The molecular formula is C60H36N6. The highest BCUT2D eigenvalue weighted by Gasteiger charge is 2.22. The van der Waals surface area contributed by atoms with Gasteiger partial charge in [-0.25, -0.2) is 0 Å². The van der Waals surface area contributed by atoms with Gasteiger partial charge in [-0.05, 0) is 89.5 Å². The molecule has 12 rings (SSSR count). The van der Waals surface area contributed by atoms with Crippen molar-refractivity contribution in [3.63, 3.8) is 0 Å². The van der Waals surface area contributed by atoms with Gasteiger partial charge in [0.05, 0.1) is 62.0 Å². The molecule has 66 heavy (non-hydrogen) atoms. The van der Waals surface area contributed by atoms with E-state index < -0.39 is 0 Å². The van der Waals surface area contributed by atoms with Crippen molar-refractivity contribution in [3.8, 4) is 79.4 Å². The molecule has 0 radical (unpaired) electrons. The lowest BCUT2D eigenvalue weighted by atomic mass is 9.97. The Morgan fingerprint density at radius 3 is 1.33 bits per heavy atom. The zero-order valence-corrected chi connectivity index (χ0v) is 35.5. The molecule has 0 spiro atoms. The van der Waals surface area contributed by atoms with Crippen molar-refractivity contribution in [2.45, 2.75) is 0 Å². The number of rotatable bonds is 7. The zero-order chi connectivity index (χ0) is 44.1. The summed E-state index contributed by atoms with van der Waals surface area (Å²) in [6, 6.07) is 75.5. The number of pyridine rings is 2. The smallest absolute Gasteiger partial charge is 0.101 e. The highest BCUT2D eigenvalue weighted by atomic mass is 15.0. The van der Waals surface area contributed by atoms with Gasteiger partial charge in [0.1, 0.15) is 6.07 Å². The van der Waals surface area contributed by atoms with Crippen LogP contribution in [0.4, 0.5) is 0 Å². The Bertz CT molecular complexity index is 3920. The van der Waals surface area contributed by atoms with Crippen molar-refractivity contribution in [1.29, 1.82) is 10.5 Å². The molecule has 8 aromatic carbocycles. The standard InChI is InChI=1S/C60H36N6/c61-35-39-12-11-17-44(30-39)50-34-59(65-55-20-9-7-18-48(55)51-31-42(24-28-57(51)65)45-22-26-53(63-37-45)40-13-3-1-4-14-40)47(36-62)33-60(50)66-56-21-10-8-19-49(56)52-32-43(25-29-58(52)66)46-23-27-54(64-38-46)41-15-5-2-6-16-41/h1-34,37-38H. The first-order valence-electron chi connectivity index (χ1n) is 21.8. The molecule has 0 N–H and O–H groups in total. The second-order valence-corrected chi connectivity index (χ2v) is 16.5. The topological polar surface area (TPSA) is 83.2 Å². The molecule has 0 amide bonds. The Labute approximate surface area is 380 Å².